The van der Waals surface area contributed by atoms with Crippen molar-refractivity contribution in [2.75, 3.05) is 13.1 Å². The molecule has 6 heteroatoms. The van der Waals surface area contributed by atoms with Gasteiger partial charge in [-0.2, -0.15) is 5.10 Å². The number of benzene rings is 1. The molecule has 146 valence electrons. The molecule has 2 aromatic heterocycles. The van der Waals surface area contributed by atoms with E-state index in [1.165, 1.54) is 5.56 Å². The number of aryl methyl sites for hydroxylation is 2. The van der Waals surface area contributed by atoms with Gasteiger partial charge in [-0.05, 0) is 56.5 Å². The Bertz CT molecular complexity index is 871. The highest BCUT2D eigenvalue weighted by Gasteiger charge is 2.06. The number of aromatic nitrogens is 3. The van der Waals surface area contributed by atoms with Crippen molar-refractivity contribution < 1.29 is 0 Å². The van der Waals surface area contributed by atoms with Crippen molar-refractivity contribution in [1.29, 1.82) is 0 Å². The van der Waals surface area contributed by atoms with Gasteiger partial charge in [0.05, 0.1) is 23.6 Å². The minimum atomic E-state index is 0.569. The first kappa shape index (κ1) is 19.6. The molecule has 0 aliphatic heterocycles. The normalized spacial score (nSPS) is 11.4. The summed E-state index contributed by atoms with van der Waals surface area (Å²) >= 11 is 0. The first-order valence-electron chi connectivity index (χ1n) is 9.79. The Morgan fingerprint density at radius 2 is 1.89 bits per heavy atom. The number of guanidine groups is 1. The van der Waals surface area contributed by atoms with E-state index in [9.17, 15) is 0 Å². The average Bonchev–Trinajstić information content (AvgIpc) is 3.11. The van der Waals surface area contributed by atoms with E-state index in [4.69, 9.17) is 0 Å². The Morgan fingerprint density at radius 3 is 2.64 bits per heavy atom. The molecular formula is C22H28N6. The van der Waals surface area contributed by atoms with E-state index in [1.807, 2.05) is 41.1 Å². The number of nitrogens with one attached hydrogen (secondary N) is 2. The molecule has 0 spiro atoms. The lowest BCUT2D eigenvalue weighted by molar-refractivity contribution is 0.741. The summed E-state index contributed by atoms with van der Waals surface area (Å²) in [5, 5.41) is 11.3. The molecule has 2 N–H and O–H groups in total. The van der Waals surface area contributed by atoms with Gasteiger partial charge in [-0.25, -0.2) is 9.67 Å². The van der Waals surface area contributed by atoms with Gasteiger partial charge in [0.2, 0.25) is 0 Å². The van der Waals surface area contributed by atoms with Crippen LogP contribution in [0.3, 0.4) is 0 Å². The minimum absolute atomic E-state index is 0.569. The second-order valence-corrected chi connectivity index (χ2v) is 6.57. The molecule has 0 saturated heterocycles. The van der Waals surface area contributed by atoms with Gasteiger partial charge in [0.25, 0.3) is 0 Å². The SMILES string of the molecule is CCNC(=NCc1ccccn1)NCCCc1cn(-c2ccccc2)nc1C. The number of pyridine rings is 1. The van der Waals surface area contributed by atoms with Crippen LogP contribution in [0.25, 0.3) is 5.69 Å². The lowest BCUT2D eigenvalue weighted by Crippen LogP contribution is -2.37. The fraction of sp³-hybridized carbons (Fsp3) is 0.318. The maximum atomic E-state index is 4.64. The Labute approximate surface area is 166 Å². The van der Waals surface area contributed by atoms with Crippen LogP contribution in [0.1, 0.15) is 30.3 Å². The second-order valence-electron chi connectivity index (χ2n) is 6.57. The third-order valence-corrected chi connectivity index (χ3v) is 4.41. The molecule has 0 aliphatic carbocycles. The zero-order valence-electron chi connectivity index (χ0n) is 16.6. The van der Waals surface area contributed by atoms with Crippen molar-refractivity contribution in [3.05, 3.63) is 77.9 Å². The molecule has 0 unspecified atom stereocenters. The summed E-state index contributed by atoms with van der Waals surface area (Å²) in [5.74, 6) is 0.824. The molecule has 0 bridgehead atoms. The highest BCUT2D eigenvalue weighted by molar-refractivity contribution is 5.79. The highest BCUT2D eigenvalue weighted by atomic mass is 15.3. The lowest BCUT2D eigenvalue weighted by atomic mass is 10.1. The van der Waals surface area contributed by atoms with E-state index >= 15 is 0 Å². The van der Waals surface area contributed by atoms with Crippen molar-refractivity contribution in [3.63, 3.8) is 0 Å². The molecule has 0 saturated carbocycles. The summed E-state index contributed by atoms with van der Waals surface area (Å²) in [6.45, 7) is 6.39. The molecule has 1 aromatic carbocycles. The predicted octanol–water partition coefficient (Wildman–Crippen LogP) is 3.26. The van der Waals surface area contributed by atoms with Crippen LogP contribution in [-0.4, -0.2) is 33.8 Å². The number of rotatable bonds is 8. The topological polar surface area (TPSA) is 67.1 Å². The summed E-state index contributed by atoms with van der Waals surface area (Å²) in [6, 6.07) is 16.1. The van der Waals surface area contributed by atoms with Crippen LogP contribution in [0.4, 0.5) is 0 Å². The van der Waals surface area contributed by atoms with Crippen molar-refractivity contribution >= 4 is 5.96 Å². The average molecular weight is 377 g/mol. The molecule has 0 amide bonds. The second kappa shape index (κ2) is 10.3. The Morgan fingerprint density at radius 1 is 1.07 bits per heavy atom. The van der Waals surface area contributed by atoms with E-state index in [0.717, 1.165) is 49.0 Å². The standard InChI is InChI=1S/C22H28N6/c1-3-23-22(26-16-20-11-7-8-14-24-20)25-15-9-10-19-17-28(27-18(19)2)21-12-5-4-6-13-21/h4-8,11-14,17H,3,9-10,15-16H2,1-2H3,(H2,23,25,26). The Balaban J connectivity index is 1.50. The van der Waals surface area contributed by atoms with Gasteiger partial charge in [0, 0.05) is 25.5 Å². The quantitative estimate of drug-likeness (QED) is 0.360. The lowest BCUT2D eigenvalue weighted by Gasteiger charge is -2.11. The van der Waals surface area contributed by atoms with E-state index in [2.05, 4.69) is 57.9 Å². The van der Waals surface area contributed by atoms with Gasteiger partial charge in [-0.1, -0.05) is 24.3 Å². The first-order chi connectivity index (χ1) is 13.8. The summed E-state index contributed by atoms with van der Waals surface area (Å²) in [7, 11) is 0. The summed E-state index contributed by atoms with van der Waals surface area (Å²) in [4.78, 5) is 8.92. The van der Waals surface area contributed by atoms with Gasteiger partial charge in [-0.3, -0.25) is 4.98 Å². The Hall–Kier alpha value is -3.15. The monoisotopic (exact) mass is 376 g/mol. The first-order valence-corrected chi connectivity index (χ1v) is 9.79. The van der Waals surface area contributed by atoms with Gasteiger partial charge >= 0.3 is 0 Å². The number of hydrogen-bond acceptors (Lipinski definition) is 3. The van der Waals surface area contributed by atoms with Crippen LogP contribution in [0.15, 0.2) is 65.9 Å². The maximum Gasteiger partial charge on any atom is 0.191 e. The van der Waals surface area contributed by atoms with E-state index in [0.29, 0.717) is 6.54 Å². The molecule has 2 heterocycles. The minimum Gasteiger partial charge on any atom is -0.357 e. The maximum absolute atomic E-state index is 4.64. The molecule has 6 nitrogen and oxygen atoms in total. The number of nitrogens with zero attached hydrogens (tertiary/aromatic N) is 4. The van der Waals surface area contributed by atoms with Crippen LogP contribution in [0, 0.1) is 6.92 Å². The van der Waals surface area contributed by atoms with E-state index < -0.39 is 0 Å². The molecule has 0 aliphatic rings. The molecule has 3 rings (SSSR count). The smallest absolute Gasteiger partial charge is 0.191 e. The summed E-state index contributed by atoms with van der Waals surface area (Å²) in [5.41, 5.74) is 4.41. The predicted molar refractivity (Wildman–Crippen MR) is 114 cm³/mol. The summed E-state index contributed by atoms with van der Waals surface area (Å²) < 4.78 is 1.95. The van der Waals surface area contributed by atoms with Crippen molar-refractivity contribution in [1.82, 2.24) is 25.4 Å². The number of aliphatic imine (C=N–C) groups is 1. The highest BCUT2D eigenvalue weighted by Crippen LogP contribution is 2.13. The number of para-hydroxylation sites is 1. The fourth-order valence-electron chi connectivity index (χ4n) is 2.93. The third-order valence-electron chi connectivity index (χ3n) is 4.41. The zero-order chi connectivity index (χ0) is 19.6. The third kappa shape index (κ3) is 5.67. The molecular weight excluding hydrogens is 348 g/mol. The van der Waals surface area contributed by atoms with Crippen LogP contribution < -0.4 is 10.6 Å². The fourth-order valence-corrected chi connectivity index (χ4v) is 2.93. The molecule has 0 fully saturated rings. The summed E-state index contributed by atoms with van der Waals surface area (Å²) in [6.07, 6.45) is 5.91. The van der Waals surface area contributed by atoms with E-state index in [-0.39, 0.29) is 0 Å². The van der Waals surface area contributed by atoms with Crippen LogP contribution in [0.5, 0.6) is 0 Å². The molecule has 3 aromatic rings. The van der Waals surface area contributed by atoms with Gasteiger partial charge in [-0.15, -0.1) is 0 Å². The van der Waals surface area contributed by atoms with Crippen LogP contribution >= 0.6 is 0 Å². The zero-order valence-corrected chi connectivity index (χ0v) is 16.6. The Kier molecular flexibility index (Phi) is 7.18. The van der Waals surface area contributed by atoms with Crippen LogP contribution in [-0.2, 0) is 13.0 Å². The van der Waals surface area contributed by atoms with E-state index in [1.54, 1.807) is 6.20 Å². The number of hydrogen-bond donors (Lipinski definition) is 2. The molecule has 28 heavy (non-hydrogen) atoms. The van der Waals surface area contributed by atoms with Crippen molar-refractivity contribution in [3.8, 4) is 5.69 Å². The molecule has 0 radical (unpaired) electrons. The molecule has 0 atom stereocenters. The van der Waals surface area contributed by atoms with Crippen molar-refractivity contribution in [2.45, 2.75) is 33.2 Å². The van der Waals surface area contributed by atoms with Crippen molar-refractivity contribution in [2.24, 2.45) is 4.99 Å². The van der Waals surface area contributed by atoms with Crippen LogP contribution in [0.2, 0.25) is 0 Å². The van der Waals surface area contributed by atoms with Gasteiger partial charge < -0.3 is 10.6 Å². The van der Waals surface area contributed by atoms with Gasteiger partial charge in [0.15, 0.2) is 5.96 Å². The van der Waals surface area contributed by atoms with Gasteiger partial charge in [0.1, 0.15) is 0 Å². The largest absolute Gasteiger partial charge is 0.357 e.